The first-order chi connectivity index (χ1) is 6.27. The van der Waals surface area contributed by atoms with E-state index in [2.05, 4.69) is 11.9 Å². The number of hydrogen-bond donors (Lipinski definition) is 1. The molecule has 0 radical (unpaired) electrons. The topological polar surface area (TPSA) is 42.4 Å². The molecule has 1 fully saturated rings. The highest BCUT2D eigenvalue weighted by molar-refractivity contribution is 5.03. The fourth-order valence-electron chi connectivity index (χ4n) is 1.98. The number of furan rings is 1. The molecular formula is C10H16N2O. The third kappa shape index (κ3) is 1.76. The first-order valence-electron chi connectivity index (χ1n) is 4.75. The Morgan fingerprint density at radius 2 is 2.54 bits per heavy atom. The molecule has 0 bridgehead atoms. The largest absolute Gasteiger partial charge is 0.469 e. The molecule has 1 aliphatic heterocycles. The molecule has 0 aromatic carbocycles. The molecule has 0 saturated carbocycles. The lowest BCUT2D eigenvalue weighted by molar-refractivity contribution is 0.282. The van der Waals surface area contributed by atoms with Crippen molar-refractivity contribution in [3.8, 4) is 0 Å². The number of hydrogen-bond acceptors (Lipinski definition) is 3. The summed E-state index contributed by atoms with van der Waals surface area (Å²) in [6, 6.07) is 4.69. The lowest BCUT2D eigenvalue weighted by Crippen LogP contribution is -2.38. The summed E-state index contributed by atoms with van der Waals surface area (Å²) in [5.74, 6) is 1.04. The summed E-state index contributed by atoms with van der Waals surface area (Å²) < 4.78 is 5.31. The first-order valence-corrected chi connectivity index (χ1v) is 4.75. The minimum atomic E-state index is 0.301. The van der Waals surface area contributed by atoms with Gasteiger partial charge in [-0.2, -0.15) is 0 Å². The summed E-state index contributed by atoms with van der Waals surface area (Å²) in [7, 11) is 2.13. The molecule has 1 saturated heterocycles. The highest BCUT2D eigenvalue weighted by Gasteiger charge is 2.29. The van der Waals surface area contributed by atoms with Crippen LogP contribution in [0.4, 0.5) is 0 Å². The van der Waals surface area contributed by atoms with Crippen LogP contribution in [0.5, 0.6) is 0 Å². The second-order valence-corrected chi connectivity index (χ2v) is 3.78. The van der Waals surface area contributed by atoms with Gasteiger partial charge in [0, 0.05) is 18.5 Å². The molecule has 3 nitrogen and oxygen atoms in total. The Balaban J connectivity index is 2.01. The summed E-state index contributed by atoms with van der Waals surface area (Å²) in [6.45, 7) is 1.10. The number of rotatable bonds is 2. The van der Waals surface area contributed by atoms with Crippen molar-refractivity contribution in [2.24, 2.45) is 5.73 Å². The molecule has 2 atom stereocenters. The minimum absolute atomic E-state index is 0.301. The maximum absolute atomic E-state index is 6.00. The molecular weight excluding hydrogens is 164 g/mol. The van der Waals surface area contributed by atoms with E-state index in [0.717, 1.165) is 25.1 Å². The average molecular weight is 180 g/mol. The van der Waals surface area contributed by atoms with E-state index in [-0.39, 0.29) is 0 Å². The Kier molecular flexibility index (Phi) is 2.38. The lowest BCUT2D eigenvalue weighted by Gasteiger charge is -2.21. The molecule has 72 valence electrons. The van der Waals surface area contributed by atoms with Crippen LogP contribution >= 0.6 is 0 Å². The monoisotopic (exact) mass is 180 g/mol. The summed E-state index contributed by atoms with van der Waals surface area (Å²) in [5.41, 5.74) is 6.00. The SMILES string of the molecule is CN1CCC(N)C1Cc1ccco1. The predicted octanol–water partition coefficient (Wildman–Crippen LogP) is 0.854. The van der Waals surface area contributed by atoms with Gasteiger partial charge in [-0.15, -0.1) is 0 Å². The van der Waals surface area contributed by atoms with Crippen molar-refractivity contribution in [3.63, 3.8) is 0 Å². The van der Waals surface area contributed by atoms with Gasteiger partial charge in [-0.25, -0.2) is 0 Å². The highest BCUT2D eigenvalue weighted by atomic mass is 16.3. The zero-order chi connectivity index (χ0) is 9.26. The molecule has 0 amide bonds. The van der Waals surface area contributed by atoms with Gasteiger partial charge < -0.3 is 15.1 Å². The quantitative estimate of drug-likeness (QED) is 0.733. The van der Waals surface area contributed by atoms with E-state index in [1.165, 1.54) is 0 Å². The van der Waals surface area contributed by atoms with Crippen molar-refractivity contribution in [3.05, 3.63) is 24.2 Å². The van der Waals surface area contributed by atoms with Gasteiger partial charge in [0.15, 0.2) is 0 Å². The molecule has 3 heteroatoms. The van der Waals surface area contributed by atoms with Gasteiger partial charge in [0.2, 0.25) is 0 Å². The molecule has 1 aromatic heterocycles. The Hall–Kier alpha value is -0.800. The van der Waals surface area contributed by atoms with Crippen molar-refractivity contribution in [1.29, 1.82) is 0 Å². The molecule has 1 aliphatic rings. The number of likely N-dealkylation sites (tertiary alicyclic amines) is 1. The molecule has 2 heterocycles. The molecule has 0 aliphatic carbocycles. The van der Waals surface area contributed by atoms with Gasteiger partial charge in [-0.05, 0) is 32.1 Å². The summed E-state index contributed by atoms with van der Waals surface area (Å²) in [5, 5.41) is 0. The number of nitrogens with zero attached hydrogens (tertiary/aromatic N) is 1. The standard InChI is InChI=1S/C10H16N2O/c1-12-5-4-9(11)10(12)7-8-3-2-6-13-8/h2-3,6,9-10H,4-5,7,11H2,1H3. The van der Waals surface area contributed by atoms with E-state index in [1.54, 1.807) is 6.26 Å². The summed E-state index contributed by atoms with van der Waals surface area (Å²) in [4.78, 5) is 2.31. The molecule has 2 rings (SSSR count). The first kappa shape index (κ1) is 8.78. The van der Waals surface area contributed by atoms with E-state index in [0.29, 0.717) is 12.1 Å². The Morgan fingerprint density at radius 3 is 3.08 bits per heavy atom. The van der Waals surface area contributed by atoms with E-state index in [4.69, 9.17) is 10.2 Å². The van der Waals surface area contributed by atoms with Crippen molar-refractivity contribution in [1.82, 2.24) is 4.90 Å². The van der Waals surface area contributed by atoms with Gasteiger partial charge in [0.1, 0.15) is 5.76 Å². The number of nitrogens with two attached hydrogens (primary N) is 1. The third-order valence-corrected chi connectivity index (χ3v) is 2.87. The van der Waals surface area contributed by atoms with Crippen molar-refractivity contribution < 1.29 is 4.42 Å². The van der Waals surface area contributed by atoms with Crippen LogP contribution in [0, 0.1) is 0 Å². The third-order valence-electron chi connectivity index (χ3n) is 2.87. The normalized spacial score (nSPS) is 29.7. The van der Waals surface area contributed by atoms with Crippen LogP contribution in [0.2, 0.25) is 0 Å². The highest BCUT2D eigenvalue weighted by Crippen LogP contribution is 2.18. The average Bonchev–Trinajstić information content (AvgIpc) is 2.70. The van der Waals surface area contributed by atoms with Crippen LogP contribution < -0.4 is 5.73 Å². The van der Waals surface area contributed by atoms with Gasteiger partial charge in [0.05, 0.1) is 6.26 Å². The minimum Gasteiger partial charge on any atom is -0.469 e. The van der Waals surface area contributed by atoms with Gasteiger partial charge in [0.25, 0.3) is 0 Å². The van der Waals surface area contributed by atoms with Crippen LogP contribution in [-0.2, 0) is 6.42 Å². The van der Waals surface area contributed by atoms with Crippen LogP contribution in [-0.4, -0.2) is 30.6 Å². The smallest absolute Gasteiger partial charge is 0.105 e. The molecule has 1 aromatic rings. The molecule has 2 N–H and O–H groups in total. The van der Waals surface area contributed by atoms with E-state index in [1.807, 2.05) is 12.1 Å². The Morgan fingerprint density at radius 1 is 1.69 bits per heavy atom. The van der Waals surface area contributed by atoms with E-state index >= 15 is 0 Å². The number of likely N-dealkylation sites (N-methyl/N-ethyl adjacent to an activating group) is 1. The van der Waals surface area contributed by atoms with Crippen LogP contribution in [0.25, 0.3) is 0 Å². The van der Waals surface area contributed by atoms with Gasteiger partial charge in [-0.3, -0.25) is 0 Å². The fraction of sp³-hybridized carbons (Fsp3) is 0.600. The molecule has 0 spiro atoms. The Bertz CT molecular complexity index is 248. The van der Waals surface area contributed by atoms with Crippen molar-refractivity contribution in [2.45, 2.75) is 24.9 Å². The van der Waals surface area contributed by atoms with Crippen LogP contribution in [0.1, 0.15) is 12.2 Å². The Labute approximate surface area is 78.5 Å². The van der Waals surface area contributed by atoms with Crippen molar-refractivity contribution >= 4 is 0 Å². The molecule has 2 unspecified atom stereocenters. The van der Waals surface area contributed by atoms with Crippen LogP contribution in [0.3, 0.4) is 0 Å². The molecule has 13 heavy (non-hydrogen) atoms. The zero-order valence-corrected chi connectivity index (χ0v) is 7.94. The second-order valence-electron chi connectivity index (χ2n) is 3.78. The maximum atomic E-state index is 6.00. The second kappa shape index (κ2) is 3.52. The zero-order valence-electron chi connectivity index (χ0n) is 7.94. The summed E-state index contributed by atoms with van der Waals surface area (Å²) in [6.07, 6.45) is 3.75. The van der Waals surface area contributed by atoms with E-state index in [9.17, 15) is 0 Å². The van der Waals surface area contributed by atoms with Gasteiger partial charge in [-0.1, -0.05) is 0 Å². The van der Waals surface area contributed by atoms with Crippen molar-refractivity contribution in [2.75, 3.05) is 13.6 Å². The summed E-state index contributed by atoms with van der Waals surface area (Å²) >= 11 is 0. The lowest BCUT2D eigenvalue weighted by atomic mass is 10.1. The van der Waals surface area contributed by atoms with Gasteiger partial charge >= 0.3 is 0 Å². The predicted molar refractivity (Wildman–Crippen MR) is 51.4 cm³/mol. The van der Waals surface area contributed by atoms with E-state index < -0.39 is 0 Å². The maximum Gasteiger partial charge on any atom is 0.105 e. The van der Waals surface area contributed by atoms with Crippen LogP contribution in [0.15, 0.2) is 22.8 Å². The fourth-order valence-corrected chi connectivity index (χ4v) is 1.98.